The number of anilines is 1. The topological polar surface area (TPSA) is 37.8 Å². The average molecular weight is 290 g/mol. The fraction of sp³-hybridized carbons (Fsp3) is 0.600. The highest BCUT2D eigenvalue weighted by atomic mass is 79.9. The van der Waals surface area contributed by atoms with Gasteiger partial charge in [-0.2, -0.15) is 11.8 Å². The summed E-state index contributed by atoms with van der Waals surface area (Å²) >= 11 is 5.26. The Morgan fingerprint density at radius 2 is 2.27 bits per heavy atom. The quantitative estimate of drug-likeness (QED) is 0.904. The van der Waals surface area contributed by atoms with Crippen molar-refractivity contribution in [2.24, 2.45) is 5.92 Å². The van der Waals surface area contributed by atoms with Crippen LogP contribution in [0.3, 0.4) is 0 Å². The van der Waals surface area contributed by atoms with E-state index in [1.54, 1.807) is 6.20 Å². The van der Waals surface area contributed by atoms with Gasteiger partial charge in [0.2, 0.25) is 0 Å². The lowest BCUT2D eigenvalue weighted by molar-refractivity contribution is 0.749. The second-order valence-corrected chi connectivity index (χ2v) is 5.53. The van der Waals surface area contributed by atoms with Crippen LogP contribution in [0, 0.1) is 5.92 Å². The van der Waals surface area contributed by atoms with Gasteiger partial charge in [-0.25, -0.2) is 9.97 Å². The van der Waals surface area contributed by atoms with Crippen LogP contribution in [0.1, 0.15) is 19.7 Å². The van der Waals surface area contributed by atoms with Gasteiger partial charge in [-0.3, -0.25) is 0 Å². The largest absolute Gasteiger partial charge is 0.372 e. The molecule has 1 rings (SSSR count). The third-order valence-electron chi connectivity index (χ3n) is 1.71. The summed E-state index contributed by atoms with van der Waals surface area (Å²) in [5, 5.41) is 3.03. The van der Waals surface area contributed by atoms with Gasteiger partial charge in [0.1, 0.15) is 11.6 Å². The van der Waals surface area contributed by atoms with Gasteiger partial charge in [-0.15, -0.1) is 0 Å². The van der Waals surface area contributed by atoms with Gasteiger partial charge in [0.25, 0.3) is 0 Å². The summed E-state index contributed by atoms with van der Waals surface area (Å²) < 4.78 is 0.905. The molecular weight excluding hydrogens is 274 g/mol. The molecule has 1 heterocycles. The second-order valence-electron chi connectivity index (χ2n) is 3.64. The number of aromatic nitrogens is 2. The van der Waals surface area contributed by atoms with Crippen molar-refractivity contribution in [3.05, 3.63) is 16.5 Å². The third kappa shape index (κ3) is 4.38. The maximum Gasteiger partial charge on any atom is 0.143 e. The number of rotatable bonds is 5. The molecule has 0 fully saturated rings. The summed E-state index contributed by atoms with van der Waals surface area (Å²) in [6.45, 7) is 4.43. The van der Waals surface area contributed by atoms with E-state index in [4.69, 9.17) is 0 Å². The van der Waals surface area contributed by atoms with Gasteiger partial charge in [-0.05, 0) is 27.6 Å². The van der Waals surface area contributed by atoms with Crippen molar-refractivity contribution < 1.29 is 0 Å². The molecule has 0 aliphatic rings. The van der Waals surface area contributed by atoms with Gasteiger partial charge >= 0.3 is 0 Å². The zero-order valence-electron chi connectivity index (χ0n) is 9.25. The summed E-state index contributed by atoms with van der Waals surface area (Å²) in [5.74, 6) is 4.47. The molecule has 15 heavy (non-hydrogen) atoms. The predicted octanol–water partition coefficient (Wildman–Crippen LogP) is 3.17. The van der Waals surface area contributed by atoms with E-state index in [9.17, 15) is 0 Å². The second kappa shape index (κ2) is 6.33. The van der Waals surface area contributed by atoms with Crippen molar-refractivity contribution in [1.29, 1.82) is 0 Å². The summed E-state index contributed by atoms with van der Waals surface area (Å²) in [5.41, 5.74) is 0. The first-order valence-corrected chi connectivity index (χ1v) is 6.85. The lowest BCUT2D eigenvalue weighted by atomic mass is 10.3. The van der Waals surface area contributed by atoms with Crippen LogP contribution in [-0.2, 0) is 5.75 Å². The molecule has 0 aromatic carbocycles. The first kappa shape index (κ1) is 12.8. The van der Waals surface area contributed by atoms with Crippen molar-refractivity contribution in [1.82, 2.24) is 9.97 Å². The molecule has 1 aromatic rings. The number of nitrogens with zero attached hydrogens (tertiary/aromatic N) is 2. The summed E-state index contributed by atoms with van der Waals surface area (Å²) in [7, 11) is 1.86. The van der Waals surface area contributed by atoms with Crippen LogP contribution in [-0.4, -0.2) is 22.8 Å². The van der Waals surface area contributed by atoms with Gasteiger partial charge in [0.15, 0.2) is 0 Å². The molecule has 0 aliphatic heterocycles. The predicted molar refractivity (Wildman–Crippen MR) is 70.3 cm³/mol. The molecular formula is C10H16BrN3S. The van der Waals surface area contributed by atoms with E-state index >= 15 is 0 Å². The molecule has 3 nitrogen and oxygen atoms in total. The zero-order valence-corrected chi connectivity index (χ0v) is 11.7. The summed E-state index contributed by atoms with van der Waals surface area (Å²) in [4.78, 5) is 8.66. The normalized spacial score (nSPS) is 10.7. The zero-order chi connectivity index (χ0) is 11.3. The van der Waals surface area contributed by atoms with Crippen LogP contribution in [0.25, 0.3) is 0 Å². The van der Waals surface area contributed by atoms with Crippen LogP contribution < -0.4 is 5.32 Å². The summed E-state index contributed by atoms with van der Waals surface area (Å²) in [6.07, 6.45) is 1.80. The van der Waals surface area contributed by atoms with Crippen LogP contribution in [0.4, 0.5) is 5.82 Å². The first-order chi connectivity index (χ1) is 7.13. The lowest BCUT2D eigenvalue weighted by Crippen LogP contribution is -2.00. The molecule has 1 N–H and O–H groups in total. The van der Waals surface area contributed by atoms with Crippen molar-refractivity contribution in [2.75, 3.05) is 18.1 Å². The van der Waals surface area contributed by atoms with Crippen molar-refractivity contribution in [3.63, 3.8) is 0 Å². The van der Waals surface area contributed by atoms with Crippen molar-refractivity contribution in [2.45, 2.75) is 19.6 Å². The monoisotopic (exact) mass is 289 g/mol. The minimum Gasteiger partial charge on any atom is -0.372 e. The van der Waals surface area contributed by atoms with Gasteiger partial charge in [-0.1, -0.05) is 13.8 Å². The Morgan fingerprint density at radius 3 is 2.87 bits per heavy atom. The minimum absolute atomic E-state index is 0.717. The number of halogens is 1. The van der Waals surface area contributed by atoms with Crippen molar-refractivity contribution in [3.8, 4) is 0 Å². The summed E-state index contributed by atoms with van der Waals surface area (Å²) in [6, 6.07) is 0. The van der Waals surface area contributed by atoms with E-state index in [0.717, 1.165) is 27.6 Å². The Bertz CT molecular complexity index is 318. The molecule has 0 saturated carbocycles. The van der Waals surface area contributed by atoms with Gasteiger partial charge in [0, 0.05) is 13.2 Å². The average Bonchev–Trinajstić information content (AvgIpc) is 2.20. The number of nitrogens with one attached hydrogen (secondary N) is 1. The van der Waals surface area contributed by atoms with Crippen LogP contribution in [0.15, 0.2) is 10.7 Å². The van der Waals surface area contributed by atoms with Gasteiger partial charge < -0.3 is 5.32 Å². The SMILES string of the molecule is CNc1nc(CSCC(C)C)ncc1Br. The van der Waals surface area contributed by atoms with Crippen LogP contribution in [0.2, 0.25) is 0 Å². The smallest absolute Gasteiger partial charge is 0.143 e. The first-order valence-electron chi connectivity index (χ1n) is 4.90. The van der Waals surface area contributed by atoms with E-state index in [-0.39, 0.29) is 0 Å². The number of hydrogen-bond acceptors (Lipinski definition) is 4. The highest BCUT2D eigenvalue weighted by Gasteiger charge is 2.03. The molecule has 5 heteroatoms. The fourth-order valence-corrected chi connectivity index (χ4v) is 2.33. The van der Waals surface area contributed by atoms with E-state index in [2.05, 4.69) is 45.1 Å². The fourth-order valence-electron chi connectivity index (χ4n) is 1.03. The lowest BCUT2D eigenvalue weighted by Gasteiger charge is -2.06. The maximum absolute atomic E-state index is 4.40. The Hall–Kier alpha value is -0.290. The molecule has 84 valence electrons. The van der Waals surface area contributed by atoms with Crippen LogP contribution >= 0.6 is 27.7 Å². The Kier molecular flexibility index (Phi) is 5.39. The van der Waals surface area contributed by atoms with Crippen LogP contribution in [0.5, 0.6) is 0 Å². The molecule has 0 bridgehead atoms. The van der Waals surface area contributed by atoms with E-state index in [1.807, 2.05) is 18.8 Å². The highest BCUT2D eigenvalue weighted by Crippen LogP contribution is 2.20. The molecule has 0 amide bonds. The minimum atomic E-state index is 0.717. The molecule has 0 aliphatic carbocycles. The van der Waals surface area contributed by atoms with E-state index in [0.29, 0.717) is 5.92 Å². The van der Waals surface area contributed by atoms with E-state index in [1.165, 1.54) is 0 Å². The van der Waals surface area contributed by atoms with Crippen molar-refractivity contribution >= 4 is 33.5 Å². The molecule has 1 aromatic heterocycles. The third-order valence-corrected chi connectivity index (χ3v) is 3.66. The maximum atomic E-state index is 4.40. The Morgan fingerprint density at radius 1 is 1.53 bits per heavy atom. The molecule has 0 spiro atoms. The molecule has 0 atom stereocenters. The standard InChI is InChI=1S/C10H16BrN3S/c1-7(2)5-15-6-9-13-4-8(11)10(12-3)14-9/h4,7H,5-6H2,1-3H3,(H,12,13,14). The number of thioether (sulfide) groups is 1. The molecule has 0 unspecified atom stereocenters. The van der Waals surface area contributed by atoms with Gasteiger partial charge in [0.05, 0.1) is 10.2 Å². The van der Waals surface area contributed by atoms with E-state index < -0.39 is 0 Å². The Balaban J connectivity index is 2.54. The Labute approximate surface area is 104 Å². The molecule has 0 radical (unpaired) electrons. The molecule has 0 saturated heterocycles. The number of hydrogen-bond donors (Lipinski definition) is 1. The highest BCUT2D eigenvalue weighted by molar-refractivity contribution is 9.10.